The average Bonchev–Trinajstić information content (AvgIpc) is 3.04. The molecule has 0 saturated heterocycles. The SMILES string of the molecule is CC[NH+](CC)CCNc1ncnc2scc(-c3ccc(F)cc3)c12. The maximum absolute atomic E-state index is 13.2. The van der Waals surface area contributed by atoms with Gasteiger partial charge in [0.1, 0.15) is 22.8 Å². The van der Waals surface area contributed by atoms with Crippen LogP contribution in [-0.4, -0.2) is 36.1 Å². The highest BCUT2D eigenvalue weighted by Gasteiger charge is 2.13. The number of anilines is 1. The molecule has 6 heteroatoms. The first-order valence-electron chi connectivity index (χ1n) is 8.28. The molecular formula is C18H22FN4S+. The van der Waals surface area contributed by atoms with Gasteiger partial charge in [0, 0.05) is 10.9 Å². The fourth-order valence-electron chi connectivity index (χ4n) is 2.81. The maximum Gasteiger partial charge on any atom is 0.139 e. The third kappa shape index (κ3) is 3.55. The predicted molar refractivity (Wildman–Crippen MR) is 98.2 cm³/mol. The smallest absolute Gasteiger partial charge is 0.139 e. The van der Waals surface area contributed by atoms with E-state index in [4.69, 9.17) is 0 Å². The fraction of sp³-hybridized carbons (Fsp3) is 0.333. The summed E-state index contributed by atoms with van der Waals surface area (Å²) in [6, 6.07) is 6.57. The van der Waals surface area contributed by atoms with Crippen molar-refractivity contribution in [2.24, 2.45) is 0 Å². The second-order valence-electron chi connectivity index (χ2n) is 5.69. The van der Waals surface area contributed by atoms with E-state index >= 15 is 0 Å². The van der Waals surface area contributed by atoms with Crippen LogP contribution < -0.4 is 10.2 Å². The minimum atomic E-state index is -0.227. The van der Waals surface area contributed by atoms with E-state index in [0.29, 0.717) is 0 Å². The summed E-state index contributed by atoms with van der Waals surface area (Å²) in [6.45, 7) is 8.56. The highest BCUT2D eigenvalue weighted by Crippen LogP contribution is 2.36. The van der Waals surface area contributed by atoms with Gasteiger partial charge in [-0.15, -0.1) is 11.3 Å². The largest absolute Gasteiger partial charge is 0.364 e. The molecule has 2 aromatic heterocycles. The molecule has 0 atom stereocenters. The van der Waals surface area contributed by atoms with Gasteiger partial charge in [0.15, 0.2) is 0 Å². The van der Waals surface area contributed by atoms with E-state index in [1.807, 2.05) is 0 Å². The van der Waals surface area contributed by atoms with Gasteiger partial charge in [-0.1, -0.05) is 12.1 Å². The summed E-state index contributed by atoms with van der Waals surface area (Å²) in [5, 5.41) is 6.54. The summed E-state index contributed by atoms with van der Waals surface area (Å²) in [4.78, 5) is 11.3. The number of halogens is 1. The number of likely N-dealkylation sites (N-methyl/N-ethyl adjacent to an activating group) is 1. The van der Waals surface area contributed by atoms with Crippen molar-refractivity contribution in [1.29, 1.82) is 0 Å². The predicted octanol–water partition coefficient (Wildman–Crippen LogP) is 2.83. The molecule has 2 N–H and O–H groups in total. The molecule has 3 rings (SSSR count). The number of benzene rings is 1. The molecule has 0 saturated carbocycles. The monoisotopic (exact) mass is 345 g/mol. The Morgan fingerprint density at radius 2 is 1.88 bits per heavy atom. The number of hydrogen-bond acceptors (Lipinski definition) is 4. The molecule has 0 fully saturated rings. The van der Waals surface area contributed by atoms with Crippen molar-refractivity contribution in [3.05, 3.63) is 41.8 Å². The first-order valence-corrected chi connectivity index (χ1v) is 9.16. The second-order valence-corrected chi connectivity index (χ2v) is 6.55. The van der Waals surface area contributed by atoms with Crippen LogP contribution in [-0.2, 0) is 0 Å². The summed E-state index contributed by atoms with van der Waals surface area (Å²) in [7, 11) is 0. The molecule has 0 unspecified atom stereocenters. The van der Waals surface area contributed by atoms with Crippen LogP contribution in [0.25, 0.3) is 21.3 Å². The Balaban J connectivity index is 1.88. The van der Waals surface area contributed by atoms with Crippen LogP contribution in [0.5, 0.6) is 0 Å². The van der Waals surface area contributed by atoms with Crippen molar-refractivity contribution in [2.45, 2.75) is 13.8 Å². The van der Waals surface area contributed by atoms with Crippen LogP contribution in [0.1, 0.15) is 13.8 Å². The molecule has 0 aliphatic heterocycles. The Morgan fingerprint density at radius 3 is 2.58 bits per heavy atom. The van der Waals surface area contributed by atoms with Gasteiger partial charge >= 0.3 is 0 Å². The lowest BCUT2D eigenvalue weighted by molar-refractivity contribution is -0.894. The summed E-state index contributed by atoms with van der Waals surface area (Å²) >= 11 is 1.59. The molecule has 0 aliphatic carbocycles. The van der Waals surface area contributed by atoms with Crippen LogP contribution >= 0.6 is 11.3 Å². The minimum Gasteiger partial charge on any atom is -0.364 e. The van der Waals surface area contributed by atoms with Gasteiger partial charge in [0.2, 0.25) is 0 Å². The van der Waals surface area contributed by atoms with Crippen molar-refractivity contribution < 1.29 is 9.29 Å². The van der Waals surface area contributed by atoms with Crippen LogP contribution in [0.3, 0.4) is 0 Å². The molecule has 0 bridgehead atoms. The topological polar surface area (TPSA) is 42.2 Å². The van der Waals surface area contributed by atoms with Crippen LogP contribution in [0.2, 0.25) is 0 Å². The third-order valence-corrected chi connectivity index (χ3v) is 5.18. The first kappa shape index (κ1) is 16.8. The zero-order valence-corrected chi connectivity index (χ0v) is 14.8. The zero-order chi connectivity index (χ0) is 16.9. The second kappa shape index (κ2) is 7.68. The molecule has 0 radical (unpaired) electrons. The van der Waals surface area contributed by atoms with E-state index in [2.05, 4.69) is 34.5 Å². The number of nitrogens with zero attached hydrogens (tertiary/aromatic N) is 2. The van der Waals surface area contributed by atoms with E-state index in [-0.39, 0.29) is 5.82 Å². The Morgan fingerprint density at radius 1 is 1.12 bits per heavy atom. The van der Waals surface area contributed by atoms with Crippen molar-refractivity contribution >= 4 is 27.4 Å². The van der Waals surface area contributed by atoms with Gasteiger partial charge in [-0.2, -0.15) is 0 Å². The molecule has 3 aromatic rings. The molecule has 0 aliphatic rings. The van der Waals surface area contributed by atoms with Gasteiger partial charge in [0.05, 0.1) is 31.6 Å². The number of aromatic nitrogens is 2. The van der Waals surface area contributed by atoms with Gasteiger partial charge in [0.25, 0.3) is 0 Å². The highest BCUT2D eigenvalue weighted by atomic mass is 32.1. The van der Waals surface area contributed by atoms with Crippen molar-refractivity contribution in [2.75, 3.05) is 31.5 Å². The van der Waals surface area contributed by atoms with Crippen LogP contribution in [0.15, 0.2) is 36.0 Å². The van der Waals surface area contributed by atoms with Gasteiger partial charge < -0.3 is 10.2 Å². The molecule has 2 heterocycles. The van der Waals surface area contributed by atoms with Crippen molar-refractivity contribution in [3.8, 4) is 11.1 Å². The highest BCUT2D eigenvalue weighted by molar-refractivity contribution is 7.17. The fourth-order valence-corrected chi connectivity index (χ4v) is 3.73. The minimum absolute atomic E-state index is 0.227. The third-order valence-electron chi connectivity index (χ3n) is 4.30. The first-order chi connectivity index (χ1) is 11.7. The van der Waals surface area contributed by atoms with Gasteiger partial charge in [-0.25, -0.2) is 14.4 Å². The molecule has 1 aromatic carbocycles. The quantitative estimate of drug-likeness (QED) is 0.692. The maximum atomic E-state index is 13.2. The number of quaternary nitrogens is 1. The number of fused-ring (bicyclic) bond motifs is 1. The molecule has 0 spiro atoms. The number of rotatable bonds is 7. The summed E-state index contributed by atoms with van der Waals surface area (Å²) in [6.07, 6.45) is 1.60. The Bertz CT molecular complexity index is 796. The lowest BCUT2D eigenvalue weighted by Gasteiger charge is -2.16. The molecule has 0 amide bonds. The van der Waals surface area contributed by atoms with E-state index in [1.165, 1.54) is 12.1 Å². The van der Waals surface area contributed by atoms with Gasteiger partial charge in [-0.05, 0) is 31.5 Å². The Hall–Kier alpha value is -2.05. The zero-order valence-electron chi connectivity index (χ0n) is 14.0. The van der Waals surface area contributed by atoms with Crippen LogP contribution in [0.4, 0.5) is 10.2 Å². The number of nitrogens with one attached hydrogen (secondary N) is 2. The average molecular weight is 345 g/mol. The normalized spacial score (nSPS) is 11.3. The van der Waals surface area contributed by atoms with E-state index in [0.717, 1.165) is 53.3 Å². The van der Waals surface area contributed by atoms with Gasteiger partial charge in [-0.3, -0.25) is 0 Å². The Kier molecular flexibility index (Phi) is 5.37. The lowest BCUT2D eigenvalue weighted by atomic mass is 10.1. The van der Waals surface area contributed by atoms with E-state index < -0.39 is 0 Å². The van der Waals surface area contributed by atoms with Crippen molar-refractivity contribution in [1.82, 2.24) is 9.97 Å². The van der Waals surface area contributed by atoms with Crippen LogP contribution in [0, 0.1) is 5.82 Å². The summed E-state index contributed by atoms with van der Waals surface area (Å²) in [5.74, 6) is 0.627. The molecule has 4 nitrogen and oxygen atoms in total. The summed E-state index contributed by atoms with van der Waals surface area (Å²) in [5.41, 5.74) is 2.03. The lowest BCUT2D eigenvalue weighted by Crippen LogP contribution is -3.12. The summed E-state index contributed by atoms with van der Waals surface area (Å²) < 4.78 is 13.2. The van der Waals surface area contributed by atoms with E-state index in [1.54, 1.807) is 34.7 Å². The molecule has 126 valence electrons. The standard InChI is InChI=1S/C18H21FN4S/c1-3-23(4-2)10-9-20-17-16-15(11-24-18(16)22-12-21-17)13-5-7-14(19)8-6-13/h5-8,11-12H,3-4,9-10H2,1-2H3,(H,20,21,22)/p+1. The number of hydrogen-bond donors (Lipinski definition) is 2. The van der Waals surface area contributed by atoms with Crippen molar-refractivity contribution in [3.63, 3.8) is 0 Å². The number of thiophene rings is 1. The molecule has 24 heavy (non-hydrogen) atoms. The Labute approximate surface area is 145 Å². The van der Waals surface area contributed by atoms with E-state index in [9.17, 15) is 4.39 Å². The molecular weight excluding hydrogens is 323 g/mol.